The van der Waals surface area contributed by atoms with Gasteiger partial charge in [-0.05, 0) is 19.3 Å². The number of hydrogen-bond acceptors (Lipinski definition) is 10. The average molecular weight is 780 g/mol. The molecule has 0 bridgehead atoms. The number of ether oxygens (including phenoxy) is 2. The molecule has 13 heteroatoms. The predicted octanol–water partition coefficient (Wildman–Crippen LogP) is 7.21. The lowest BCUT2D eigenvalue weighted by atomic mass is 9.99. The van der Waals surface area contributed by atoms with E-state index >= 15 is 0 Å². The molecule has 1 amide bonds. The summed E-state index contributed by atoms with van der Waals surface area (Å²) in [5, 5.41) is 44.5. The number of rotatable bonds is 35. The fraction of sp³-hybridized carbons (Fsp3) is 0.925. The average Bonchev–Trinajstić information content (AvgIpc) is 3.12. The van der Waals surface area contributed by atoms with E-state index in [4.69, 9.17) is 14.0 Å². The lowest BCUT2D eigenvalue weighted by molar-refractivity contribution is -0.298. The summed E-state index contributed by atoms with van der Waals surface area (Å²) in [6.45, 7) is 3.36. The van der Waals surface area contributed by atoms with Crippen LogP contribution in [0.25, 0.3) is 0 Å². The SMILES string of the molecule is CCCCCCCCCCCCC/C=C/[C@@H](O)[C@H](CO[C@@H]1O[C@H](CO)[C@@H](O)[C@H](OS(=O)(=O)O)[C@H]1O)NC(=O)CCCCCCCCCCCCCCC. The van der Waals surface area contributed by atoms with Crippen molar-refractivity contribution >= 4 is 16.3 Å². The summed E-state index contributed by atoms with van der Waals surface area (Å²) in [6, 6.07) is -0.936. The van der Waals surface area contributed by atoms with E-state index < -0.39 is 59.9 Å². The number of aliphatic hydroxyl groups excluding tert-OH is 4. The molecule has 1 fully saturated rings. The van der Waals surface area contributed by atoms with Crippen LogP contribution < -0.4 is 5.32 Å². The third-order valence-electron chi connectivity index (χ3n) is 10.1. The lowest BCUT2D eigenvalue weighted by Crippen LogP contribution is -2.61. The Labute approximate surface area is 321 Å². The largest absolute Gasteiger partial charge is 0.397 e. The lowest BCUT2D eigenvalue weighted by Gasteiger charge is -2.41. The maximum absolute atomic E-state index is 13.0. The normalized spacial score (nSPS) is 22.0. The van der Waals surface area contributed by atoms with E-state index in [-0.39, 0.29) is 18.9 Å². The highest BCUT2D eigenvalue weighted by Gasteiger charge is 2.48. The molecule has 7 atom stereocenters. The van der Waals surface area contributed by atoms with Crippen molar-refractivity contribution in [3.05, 3.63) is 12.2 Å². The Bertz CT molecular complexity index is 1010. The number of hydrogen-bond donors (Lipinski definition) is 6. The van der Waals surface area contributed by atoms with Crippen LogP contribution in [0.2, 0.25) is 0 Å². The summed E-state index contributed by atoms with van der Waals surface area (Å²) in [5.74, 6) is -0.263. The second-order valence-corrected chi connectivity index (χ2v) is 16.0. The van der Waals surface area contributed by atoms with Crippen LogP contribution >= 0.6 is 0 Å². The van der Waals surface area contributed by atoms with Crippen molar-refractivity contribution < 1.29 is 51.8 Å². The first-order valence-corrected chi connectivity index (χ1v) is 22.4. The van der Waals surface area contributed by atoms with Gasteiger partial charge in [0.25, 0.3) is 0 Å². The van der Waals surface area contributed by atoms with Gasteiger partial charge in [-0.1, -0.05) is 167 Å². The zero-order chi connectivity index (χ0) is 39.2. The van der Waals surface area contributed by atoms with Crippen molar-refractivity contribution in [3.63, 3.8) is 0 Å². The molecule has 0 aromatic rings. The summed E-state index contributed by atoms with van der Waals surface area (Å²) in [6.07, 6.45) is 23.9. The zero-order valence-electron chi connectivity index (χ0n) is 33.1. The van der Waals surface area contributed by atoms with Gasteiger partial charge in [-0.15, -0.1) is 0 Å². The molecule has 12 nitrogen and oxygen atoms in total. The minimum absolute atomic E-state index is 0.263. The van der Waals surface area contributed by atoms with Gasteiger partial charge in [-0.2, -0.15) is 8.42 Å². The van der Waals surface area contributed by atoms with Crippen molar-refractivity contribution in [2.75, 3.05) is 13.2 Å². The highest BCUT2D eigenvalue weighted by molar-refractivity contribution is 7.80. The maximum atomic E-state index is 13.0. The van der Waals surface area contributed by atoms with Gasteiger partial charge in [0.05, 0.1) is 25.4 Å². The maximum Gasteiger partial charge on any atom is 0.397 e. The van der Waals surface area contributed by atoms with Gasteiger partial charge in [0.1, 0.15) is 24.4 Å². The van der Waals surface area contributed by atoms with Crippen LogP contribution in [0.1, 0.15) is 181 Å². The van der Waals surface area contributed by atoms with Crippen molar-refractivity contribution in [1.82, 2.24) is 5.32 Å². The Morgan fingerprint density at radius 3 is 1.64 bits per heavy atom. The number of nitrogens with one attached hydrogen (secondary N) is 1. The third-order valence-corrected chi connectivity index (χ3v) is 10.5. The molecule has 53 heavy (non-hydrogen) atoms. The second kappa shape index (κ2) is 32.0. The predicted molar refractivity (Wildman–Crippen MR) is 209 cm³/mol. The van der Waals surface area contributed by atoms with Crippen molar-refractivity contribution in [2.24, 2.45) is 0 Å². The topological polar surface area (TPSA) is 192 Å². The third kappa shape index (κ3) is 25.6. The second-order valence-electron chi connectivity index (χ2n) is 14.9. The van der Waals surface area contributed by atoms with Gasteiger partial charge in [0.15, 0.2) is 6.29 Å². The molecular formula is C40H77NO11S. The molecule has 0 aromatic heterocycles. The number of allylic oxidation sites excluding steroid dienone is 1. The zero-order valence-corrected chi connectivity index (χ0v) is 33.9. The van der Waals surface area contributed by atoms with Crippen LogP contribution in [-0.2, 0) is 28.9 Å². The highest BCUT2D eigenvalue weighted by atomic mass is 32.3. The van der Waals surface area contributed by atoms with Crippen LogP contribution in [-0.4, -0.2) is 95.4 Å². The van der Waals surface area contributed by atoms with E-state index in [1.54, 1.807) is 6.08 Å². The molecule has 1 aliphatic rings. The number of carbonyl (C=O) groups is 1. The van der Waals surface area contributed by atoms with Gasteiger partial charge in [-0.3, -0.25) is 9.35 Å². The van der Waals surface area contributed by atoms with Gasteiger partial charge in [0.2, 0.25) is 5.91 Å². The number of unbranched alkanes of at least 4 members (excludes halogenated alkanes) is 23. The minimum Gasteiger partial charge on any atom is -0.394 e. The van der Waals surface area contributed by atoms with Gasteiger partial charge in [-0.25, -0.2) is 4.18 Å². The summed E-state index contributed by atoms with van der Waals surface area (Å²) in [5.41, 5.74) is 0. The van der Waals surface area contributed by atoms with Gasteiger partial charge < -0.3 is 35.2 Å². The first-order valence-electron chi connectivity index (χ1n) is 21.1. The quantitative estimate of drug-likeness (QED) is 0.0216. The number of amides is 1. The molecule has 0 spiro atoms. The Kier molecular flexibility index (Phi) is 30.1. The van der Waals surface area contributed by atoms with Gasteiger partial charge in [0, 0.05) is 6.42 Å². The fourth-order valence-electron chi connectivity index (χ4n) is 6.75. The fourth-order valence-corrected chi connectivity index (χ4v) is 7.26. The molecule has 0 aromatic carbocycles. The highest BCUT2D eigenvalue weighted by Crippen LogP contribution is 2.26. The molecule has 1 heterocycles. The molecule has 0 radical (unpaired) electrons. The summed E-state index contributed by atoms with van der Waals surface area (Å²) >= 11 is 0. The van der Waals surface area contributed by atoms with E-state index in [0.717, 1.165) is 38.5 Å². The Morgan fingerprint density at radius 1 is 0.736 bits per heavy atom. The van der Waals surface area contributed by atoms with Crippen molar-refractivity contribution in [2.45, 2.75) is 224 Å². The molecule has 0 saturated carbocycles. The van der Waals surface area contributed by atoms with Gasteiger partial charge >= 0.3 is 10.4 Å². The Balaban J connectivity index is 2.59. The number of aliphatic hydroxyl groups is 4. The smallest absolute Gasteiger partial charge is 0.394 e. The van der Waals surface area contributed by atoms with E-state index in [0.29, 0.717) is 6.42 Å². The summed E-state index contributed by atoms with van der Waals surface area (Å²) in [4.78, 5) is 13.0. The van der Waals surface area contributed by atoms with E-state index in [1.807, 2.05) is 6.08 Å². The monoisotopic (exact) mass is 780 g/mol. The minimum atomic E-state index is -5.08. The van der Waals surface area contributed by atoms with E-state index in [9.17, 15) is 33.6 Å². The molecule has 314 valence electrons. The van der Waals surface area contributed by atoms with Crippen LogP contribution in [0.3, 0.4) is 0 Å². The van der Waals surface area contributed by atoms with Crippen molar-refractivity contribution in [1.29, 1.82) is 0 Å². The summed E-state index contributed by atoms with van der Waals surface area (Å²) < 4.78 is 47.4. The molecule has 1 rings (SSSR count). The molecule has 1 aliphatic heterocycles. The van der Waals surface area contributed by atoms with Crippen LogP contribution in [0, 0.1) is 0 Å². The first-order chi connectivity index (χ1) is 25.5. The number of carbonyl (C=O) groups excluding carboxylic acids is 1. The summed E-state index contributed by atoms with van der Waals surface area (Å²) in [7, 11) is -5.08. The Morgan fingerprint density at radius 2 is 1.19 bits per heavy atom. The Hall–Kier alpha value is -1.16. The molecule has 0 aliphatic carbocycles. The van der Waals surface area contributed by atoms with Crippen molar-refractivity contribution in [3.8, 4) is 0 Å². The van der Waals surface area contributed by atoms with Crippen LogP contribution in [0.4, 0.5) is 0 Å². The molecule has 1 saturated heterocycles. The van der Waals surface area contributed by atoms with Crippen LogP contribution in [0.15, 0.2) is 12.2 Å². The molecule has 0 unspecified atom stereocenters. The van der Waals surface area contributed by atoms with E-state index in [1.165, 1.54) is 116 Å². The molecule has 6 N–H and O–H groups in total. The standard InChI is InChI=1S/C40H77NO11S/c1-3-5-7-9-11-13-15-17-19-21-23-25-27-29-34(43)33(32-50-40-38(46)39(52-53(47,48)49)37(45)35(31-42)51-40)41-36(44)30-28-26-24-22-20-18-16-14-12-10-8-6-4-2/h27,29,33-35,37-40,42-43,45-46H,3-26,28,30-32H2,1-2H3,(H,41,44)(H,47,48,49)/b29-27+/t33-,34+,35+,37+,38+,39-,40+/m0/s1. The van der Waals surface area contributed by atoms with E-state index in [2.05, 4.69) is 23.3 Å². The molecular weight excluding hydrogens is 703 g/mol. The van der Waals surface area contributed by atoms with Crippen LogP contribution in [0.5, 0.6) is 0 Å². The first kappa shape index (κ1) is 49.9.